The van der Waals surface area contributed by atoms with Gasteiger partial charge in [-0.3, -0.25) is 0 Å². The van der Waals surface area contributed by atoms with Crippen LogP contribution in [0.2, 0.25) is 6.04 Å². The predicted molar refractivity (Wildman–Crippen MR) is 111 cm³/mol. The van der Waals surface area contributed by atoms with Gasteiger partial charge in [-0.2, -0.15) is 0 Å². The third-order valence-corrected chi connectivity index (χ3v) is 8.35. The quantitative estimate of drug-likeness (QED) is 0.455. The molecule has 0 aliphatic heterocycles. The minimum Gasteiger partial charge on any atom is -0.377 e. The van der Waals surface area contributed by atoms with E-state index >= 15 is 0 Å². The summed E-state index contributed by atoms with van der Waals surface area (Å²) in [5.74, 6) is 0.876. The molecular weight excluding hydrogens is 368 g/mol. The second-order valence-electron chi connectivity index (χ2n) is 5.55. The highest BCUT2D eigenvalue weighted by Gasteiger charge is 2.37. The van der Waals surface area contributed by atoms with Crippen LogP contribution in [0, 0.1) is 0 Å². The van der Waals surface area contributed by atoms with Gasteiger partial charge in [-0.1, -0.05) is 66.8 Å². The third kappa shape index (κ3) is 6.02. The van der Waals surface area contributed by atoms with E-state index in [1.807, 2.05) is 18.2 Å². The Morgan fingerprint density at radius 3 is 2.00 bits per heavy atom. The highest BCUT2D eigenvalue weighted by molar-refractivity contribution is 8.23. The predicted octanol–water partition coefficient (Wildman–Crippen LogP) is 4.72. The van der Waals surface area contributed by atoms with Crippen molar-refractivity contribution in [1.82, 2.24) is 0 Å². The molecule has 0 atom stereocenters. The van der Waals surface area contributed by atoms with Gasteiger partial charge in [0.2, 0.25) is 0 Å². The maximum Gasteiger partial charge on any atom is 0.500 e. The van der Waals surface area contributed by atoms with E-state index in [1.54, 1.807) is 33.1 Å². The van der Waals surface area contributed by atoms with E-state index in [9.17, 15) is 0 Å². The van der Waals surface area contributed by atoms with Crippen LogP contribution in [0.1, 0.15) is 16.7 Å². The Kier molecular flexibility index (Phi) is 8.28. The highest BCUT2D eigenvalue weighted by Crippen LogP contribution is 2.21. The summed E-state index contributed by atoms with van der Waals surface area (Å²) in [5.41, 5.74) is 3.63. The Labute approximate surface area is 161 Å². The van der Waals surface area contributed by atoms with E-state index in [0.29, 0.717) is 0 Å². The molecule has 2 aromatic rings. The number of hydrogen-bond donors (Lipinski definition) is 0. The molecule has 2 aromatic carbocycles. The topological polar surface area (TPSA) is 27.7 Å². The van der Waals surface area contributed by atoms with Crippen molar-refractivity contribution in [3.8, 4) is 0 Å². The zero-order chi connectivity index (χ0) is 18.1. The van der Waals surface area contributed by atoms with Gasteiger partial charge < -0.3 is 13.3 Å². The summed E-state index contributed by atoms with van der Waals surface area (Å²) in [5, 5.41) is 0. The third-order valence-electron chi connectivity index (χ3n) is 4.06. The summed E-state index contributed by atoms with van der Waals surface area (Å²) in [4.78, 5) is 0. The van der Waals surface area contributed by atoms with E-state index in [2.05, 4.69) is 36.4 Å². The number of hydrogen-bond acceptors (Lipinski definition) is 5. The lowest BCUT2D eigenvalue weighted by Crippen LogP contribution is -2.43. The van der Waals surface area contributed by atoms with Crippen LogP contribution in [0.15, 0.2) is 54.6 Å². The van der Waals surface area contributed by atoms with Gasteiger partial charge in [0.15, 0.2) is 0 Å². The summed E-state index contributed by atoms with van der Waals surface area (Å²) < 4.78 is 17.3. The Balaban J connectivity index is 1.86. The van der Waals surface area contributed by atoms with Crippen molar-refractivity contribution in [2.24, 2.45) is 0 Å². The molecule has 0 bridgehead atoms. The van der Waals surface area contributed by atoms with Crippen molar-refractivity contribution >= 4 is 37.0 Å². The fraction of sp³-hybridized carbons (Fsp3) is 0.316. The van der Waals surface area contributed by atoms with Crippen molar-refractivity contribution in [3.05, 3.63) is 71.3 Å². The van der Waals surface area contributed by atoms with Crippen LogP contribution in [0.3, 0.4) is 0 Å². The molecule has 0 amide bonds. The molecule has 0 radical (unpaired) electrons. The molecule has 0 aliphatic carbocycles. The van der Waals surface area contributed by atoms with Gasteiger partial charge in [-0.05, 0) is 23.1 Å². The SMILES string of the molecule is CO[Si](CCc1ccc(CSC(=S)c2ccccc2)cc1)(OC)OC. The van der Waals surface area contributed by atoms with Crippen LogP contribution < -0.4 is 0 Å². The number of thioether (sulfide) groups is 1. The molecular formula is C19H24O3S2Si. The molecule has 0 fully saturated rings. The second-order valence-corrected chi connectivity index (χ2v) is 10.3. The monoisotopic (exact) mass is 392 g/mol. The minimum absolute atomic E-state index is 0.767. The van der Waals surface area contributed by atoms with Crippen molar-refractivity contribution in [2.75, 3.05) is 21.3 Å². The van der Waals surface area contributed by atoms with Gasteiger partial charge in [-0.15, -0.1) is 11.8 Å². The van der Waals surface area contributed by atoms with E-state index in [4.69, 9.17) is 25.5 Å². The molecule has 0 spiro atoms. The summed E-state index contributed by atoms with van der Waals surface area (Å²) >= 11 is 7.19. The Hall–Kier alpha value is -1.02. The first-order chi connectivity index (χ1) is 12.1. The molecule has 0 saturated carbocycles. The molecule has 0 unspecified atom stereocenters. The second kappa shape index (κ2) is 10.2. The maximum absolute atomic E-state index is 5.49. The molecule has 25 heavy (non-hydrogen) atoms. The van der Waals surface area contributed by atoms with Crippen LogP contribution >= 0.6 is 24.0 Å². The van der Waals surface area contributed by atoms with Crippen LogP contribution in [0.25, 0.3) is 0 Å². The number of aryl methyl sites for hydroxylation is 1. The molecule has 0 saturated heterocycles. The average molecular weight is 393 g/mol. The van der Waals surface area contributed by atoms with Crippen LogP contribution in [0.5, 0.6) is 0 Å². The van der Waals surface area contributed by atoms with Crippen molar-refractivity contribution < 1.29 is 13.3 Å². The summed E-state index contributed by atoms with van der Waals surface area (Å²) in [6.07, 6.45) is 0.873. The standard InChI is InChI=1S/C19H24O3S2Si/c1-20-25(21-2,22-3)14-13-16-9-11-17(12-10-16)15-24-19(23)18-7-5-4-6-8-18/h4-12H,13-15H2,1-3H3. The largest absolute Gasteiger partial charge is 0.500 e. The summed E-state index contributed by atoms with van der Waals surface area (Å²) in [6.45, 7) is 0. The average Bonchev–Trinajstić information content (AvgIpc) is 2.69. The smallest absolute Gasteiger partial charge is 0.377 e. The van der Waals surface area contributed by atoms with Gasteiger partial charge in [0, 0.05) is 33.1 Å². The number of benzene rings is 2. The van der Waals surface area contributed by atoms with Gasteiger partial charge in [0.1, 0.15) is 0 Å². The molecule has 0 heterocycles. The van der Waals surface area contributed by atoms with E-state index < -0.39 is 8.80 Å². The minimum atomic E-state index is -2.50. The van der Waals surface area contributed by atoms with E-state index in [-0.39, 0.29) is 0 Å². The van der Waals surface area contributed by atoms with E-state index in [1.165, 1.54) is 11.1 Å². The maximum atomic E-state index is 5.49. The lowest BCUT2D eigenvalue weighted by atomic mass is 10.1. The molecule has 2 rings (SSSR count). The zero-order valence-electron chi connectivity index (χ0n) is 14.9. The fourth-order valence-electron chi connectivity index (χ4n) is 2.46. The first-order valence-corrected chi connectivity index (χ1v) is 11.4. The Morgan fingerprint density at radius 2 is 1.44 bits per heavy atom. The van der Waals surface area contributed by atoms with Gasteiger partial charge >= 0.3 is 8.80 Å². The molecule has 0 N–H and O–H groups in total. The summed E-state index contributed by atoms with van der Waals surface area (Å²) in [7, 11) is 2.44. The lowest BCUT2D eigenvalue weighted by Gasteiger charge is -2.24. The Morgan fingerprint density at radius 1 is 0.880 bits per heavy atom. The zero-order valence-corrected chi connectivity index (χ0v) is 17.5. The molecule has 0 aromatic heterocycles. The van der Waals surface area contributed by atoms with Crippen molar-refractivity contribution in [1.29, 1.82) is 0 Å². The normalized spacial score (nSPS) is 11.5. The fourth-order valence-corrected chi connectivity index (χ4v) is 5.28. The first kappa shape index (κ1) is 20.3. The summed E-state index contributed by atoms with van der Waals surface area (Å²) in [6, 6.07) is 19.5. The van der Waals surface area contributed by atoms with Crippen LogP contribution in [-0.4, -0.2) is 34.3 Å². The van der Waals surface area contributed by atoms with Gasteiger partial charge in [-0.25, -0.2) is 0 Å². The number of rotatable bonds is 9. The van der Waals surface area contributed by atoms with Crippen molar-refractivity contribution in [2.45, 2.75) is 18.2 Å². The molecule has 0 aliphatic rings. The van der Waals surface area contributed by atoms with Gasteiger partial charge in [0.05, 0.1) is 4.20 Å². The molecule has 134 valence electrons. The molecule has 3 nitrogen and oxygen atoms in total. The van der Waals surface area contributed by atoms with Gasteiger partial charge in [0.25, 0.3) is 0 Å². The van der Waals surface area contributed by atoms with Crippen molar-refractivity contribution in [3.63, 3.8) is 0 Å². The molecule has 6 heteroatoms. The number of thiocarbonyl (C=S) groups is 1. The van der Waals surface area contributed by atoms with Crippen LogP contribution in [-0.2, 0) is 25.5 Å². The highest BCUT2D eigenvalue weighted by atomic mass is 32.2. The van der Waals surface area contributed by atoms with E-state index in [0.717, 1.165) is 28.0 Å². The lowest BCUT2D eigenvalue weighted by molar-refractivity contribution is 0.123. The first-order valence-electron chi connectivity index (χ1n) is 8.08. The Bertz CT molecular complexity index is 650. The van der Waals surface area contributed by atoms with Crippen LogP contribution in [0.4, 0.5) is 0 Å².